The first-order valence-corrected chi connectivity index (χ1v) is 5.34. The maximum Gasteiger partial charge on any atom is 0.187 e. The van der Waals surface area contributed by atoms with Crippen molar-refractivity contribution in [2.24, 2.45) is 5.10 Å². The summed E-state index contributed by atoms with van der Waals surface area (Å²) in [7, 11) is 0. The SMILES string of the molecule is CC(C)NC(=S)N/N=C\c1ccc(F)cc1. The zero-order valence-corrected chi connectivity index (χ0v) is 10.0. The van der Waals surface area contributed by atoms with E-state index in [9.17, 15) is 4.39 Å². The van der Waals surface area contributed by atoms with Gasteiger partial charge in [0.1, 0.15) is 5.82 Å². The van der Waals surface area contributed by atoms with Crippen LogP contribution in [-0.2, 0) is 0 Å². The number of benzene rings is 1. The molecule has 0 saturated heterocycles. The normalized spacial score (nSPS) is 10.8. The molecule has 0 aliphatic rings. The first-order valence-electron chi connectivity index (χ1n) is 4.93. The highest BCUT2D eigenvalue weighted by molar-refractivity contribution is 7.80. The number of thiocarbonyl (C=S) groups is 1. The largest absolute Gasteiger partial charge is 0.359 e. The molecular weight excluding hydrogens is 225 g/mol. The van der Waals surface area contributed by atoms with Gasteiger partial charge in [-0.15, -0.1) is 0 Å². The summed E-state index contributed by atoms with van der Waals surface area (Å²) in [5.41, 5.74) is 3.48. The lowest BCUT2D eigenvalue weighted by Crippen LogP contribution is -2.36. The topological polar surface area (TPSA) is 36.4 Å². The lowest BCUT2D eigenvalue weighted by Gasteiger charge is -2.09. The van der Waals surface area contributed by atoms with Gasteiger partial charge in [0.15, 0.2) is 5.11 Å². The summed E-state index contributed by atoms with van der Waals surface area (Å²) >= 11 is 4.97. The average molecular weight is 239 g/mol. The van der Waals surface area contributed by atoms with E-state index in [0.29, 0.717) is 5.11 Å². The highest BCUT2D eigenvalue weighted by Crippen LogP contribution is 1.99. The molecule has 0 aliphatic heterocycles. The minimum Gasteiger partial charge on any atom is -0.359 e. The van der Waals surface area contributed by atoms with Crippen molar-refractivity contribution in [3.63, 3.8) is 0 Å². The van der Waals surface area contributed by atoms with Crippen molar-refractivity contribution >= 4 is 23.5 Å². The fourth-order valence-corrected chi connectivity index (χ4v) is 1.30. The minimum atomic E-state index is -0.262. The number of nitrogens with zero attached hydrogens (tertiary/aromatic N) is 1. The van der Waals surface area contributed by atoms with Gasteiger partial charge >= 0.3 is 0 Å². The molecule has 0 unspecified atom stereocenters. The van der Waals surface area contributed by atoms with Crippen LogP contribution in [0.15, 0.2) is 29.4 Å². The molecule has 86 valence electrons. The van der Waals surface area contributed by atoms with Gasteiger partial charge in [0.05, 0.1) is 6.21 Å². The molecule has 0 spiro atoms. The summed E-state index contributed by atoms with van der Waals surface area (Å²) in [6.45, 7) is 3.97. The molecule has 0 saturated carbocycles. The fraction of sp³-hybridized carbons (Fsp3) is 0.273. The number of hydrazone groups is 1. The van der Waals surface area contributed by atoms with E-state index in [2.05, 4.69) is 15.8 Å². The lowest BCUT2D eigenvalue weighted by molar-refractivity contribution is 0.628. The Hall–Kier alpha value is -1.49. The van der Waals surface area contributed by atoms with Crippen LogP contribution in [0.1, 0.15) is 19.4 Å². The van der Waals surface area contributed by atoms with Gasteiger partial charge in [0.2, 0.25) is 0 Å². The summed E-state index contributed by atoms with van der Waals surface area (Å²) in [4.78, 5) is 0. The van der Waals surface area contributed by atoms with Crippen LogP contribution >= 0.6 is 12.2 Å². The lowest BCUT2D eigenvalue weighted by atomic mass is 10.2. The molecule has 1 aromatic carbocycles. The molecule has 0 aromatic heterocycles. The third-order valence-corrected chi connectivity index (χ3v) is 1.88. The Morgan fingerprint density at radius 3 is 2.56 bits per heavy atom. The van der Waals surface area contributed by atoms with Crippen molar-refractivity contribution in [1.29, 1.82) is 0 Å². The van der Waals surface area contributed by atoms with E-state index in [-0.39, 0.29) is 11.9 Å². The van der Waals surface area contributed by atoms with Crippen molar-refractivity contribution < 1.29 is 4.39 Å². The predicted molar refractivity (Wildman–Crippen MR) is 68.0 cm³/mol. The van der Waals surface area contributed by atoms with Crippen LogP contribution in [0.5, 0.6) is 0 Å². The van der Waals surface area contributed by atoms with Crippen molar-refractivity contribution in [2.75, 3.05) is 0 Å². The quantitative estimate of drug-likeness (QED) is 0.481. The van der Waals surface area contributed by atoms with E-state index in [1.54, 1.807) is 18.3 Å². The summed E-state index contributed by atoms with van der Waals surface area (Å²) in [6, 6.07) is 6.30. The van der Waals surface area contributed by atoms with E-state index in [4.69, 9.17) is 12.2 Å². The first kappa shape index (κ1) is 12.6. The number of rotatable bonds is 3. The van der Waals surface area contributed by atoms with Gasteiger partial charge in [-0.1, -0.05) is 12.1 Å². The third kappa shape index (κ3) is 4.84. The van der Waals surface area contributed by atoms with Gasteiger partial charge in [-0.2, -0.15) is 5.10 Å². The summed E-state index contributed by atoms with van der Waals surface area (Å²) in [5.74, 6) is -0.262. The molecule has 1 rings (SSSR count). The monoisotopic (exact) mass is 239 g/mol. The molecule has 5 heteroatoms. The molecule has 0 atom stereocenters. The van der Waals surface area contributed by atoms with Gasteiger partial charge < -0.3 is 5.32 Å². The highest BCUT2D eigenvalue weighted by Gasteiger charge is 1.95. The second-order valence-electron chi connectivity index (χ2n) is 3.55. The van der Waals surface area contributed by atoms with Gasteiger partial charge in [0, 0.05) is 6.04 Å². The fourth-order valence-electron chi connectivity index (χ4n) is 1.01. The molecule has 0 aliphatic carbocycles. The Balaban J connectivity index is 2.43. The van der Waals surface area contributed by atoms with Gasteiger partial charge in [-0.3, -0.25) is 5.43 Å². The number of nitrogens with one attached hydrogen (secondary N) is 2. The number of hydrogen-bond donors (Lipinski definition) is 2. The van der Waals surface area contributed by atoms with Crippen LogP contribution in [-0.4, -0.2) is 17.4 Å². The molecule has 0 fully saturated rings. The van der Waals surface area contributed by atoms with Crippen LogP contribution in [0.4, 0.5) is 4.39 Å². The van der Waals surface area contributed by atoms with Gasteiger partial charge in [-0.05, 0) is 43.8 Å². The van der Waals surface area contributed by atoms with E-state index in [0.717, 1.165) is 5.56 Å². The van der Waals surface area contributed by atoms with Crippen molar-refractivity contribution in [1.82, 2.24) is 10.7 Å². The molecule has 1 aromatic rings. The van der Waals surface area contributed by atoms with Crippen LogP contribution in [0, 0.1) is 5.82 Å². The highest BCUT2D eigenvalue weighted by atomic mass is 32.1. The van der Waals surface area contributed by atoms with Crippen molar-refractivity contribution in [2.45, 2.75) is 19.9 Å². The maximum atomic E-state index is 12.6. The predicted octanol–water partition coefficient (Wildman–Crippen LogP) is 2.03. The molecule has 0 amide bonds. The van der Waals surface area contributed by atoms with Crippen molar-refractivity contribution in [3.8, 4) is 0 Å². The van der Waals surface area contributed by atoms with Gasteiger partial charge in [-0.25, -0.2) is 4.39 Å². The average Bonchev–Trinajstić information content (AvgIpc) is 2.20. The van der Waals surface area contributed by atoms with Crippen LogP contribution in [0.3, 0.4) is 0 Å². The Bertz CT molecular complexity index is 373. The van der Waals surface area contributed by atoms with Crippen LogP contribution in [0.2, 0.25) is 0 Å². The van der Waals surface area contributed by atoms with Crippen molar-refractivity contribution in [3.05, 3.63) is 35.6 Å². The molecule has 0 radical (unpaired) electrons. The molecule has 0 bridgehead atoms. The number of hydrogen-bond acceptors (Lipinski definition) is 2. The Labute approximate surface area is 99.7 Å². The van der Waals surface area contributed by atoms with Crippen LogP contribution in [0.25, 0.3) is 0 Å². The minimum absolute atomic E-state index is 0.262. The maximum absolute atomic E-state index is 12.6. The van der Waals surface area contributed by atoms with E-state index < -0.39 is 0 Å². The van der Waals surface area contributed by atoms with E-state index in [1.165, 1.54) is 12.1 Å². The molecular formula is C11H14FN3S. The van der Waals surface area contributed by atoms with Crippen LogP contribution < -0.4 is 10.7 Å². The molecule has 2 N–H and O–H groups in total. The standard InChI is InChI=1S/C11H14FN3S/c1-8(2)14-11(16)15-13-7-9-3-5-10(12)6-4-9/h3-8H,1-2H3,(H2,14,15,16)/b13-7-. The Kier molecular flexibility index (Phi) is 4.85. The first-order chi connectivity index (χ1) is 7.58. The number of halogens is 1. The second-order valence-corrected chi connectivity index (χ2v) is 3.96. The van der Waals surface area contributed by atoms with E-state index in [1.807, 2.05) is 13.8 Å². The Morgan fingerprint density at radius 1 is 1.38 bits per heavy atom. The molecule has 3 nitrogen and oxygen atoms in total. The summed E-state index contributed by atoms with van der Waals surface area (Å²) in [6.07, 6.45) is 1.58. The summed E-state index contributed by atoms with van der Waals surface area (Å²) < 4.78 is 12.6. The molecule has 16 heavy (non-hydrogen) atoms. The Morgan fingerprint density at radius 2 is 2.00 bits per heavy atom. The third-order valence-electron chi connectivity index (χ3n) is 1.67. The zero-order valence-electron chi connectivity index (χ0n) is 9.20. The van der Waals surface area contributed by atoms with Gasteiger partial charge in [0.25, 0.3) is 0 Å². The van der Waals surface area contributed by atoms with E-state index >= 15 is 0 Å². The zero-order chi connectivity index (χ0) is 12.0. The summed E-state index contributed by atoms with van der Waals surface area (Å²) in [5, 5.41) is 7.37. The molecule has 0 heterocycles. The second kappa shape index (κ2) is 6.17. The smallest absolute Gasteiger partial charge is 0.187 e.